The van der Waals surface area contributed by atoms with Gasteiger partial charge in [0.25, 0.3) is 0 Å². The number of carbonyl (C=O) groups is 2. The summed E-state index contributed by atoms with van der Waals surface area (Å²) < 4.78 is 5.18. The molecule has 0 atom stereocenters. The second-order valence-corrected chi connectivity index (χ2v) is 7.01. The number of ether oxygens (including phenoxy) is 1. The van der Waals surface area contributed by atoms with Crippen LogP contribution < -0.4 is 5.32 Å². The number of anilines is 1. The Morgan fingerprint density at radius 3 is 2.09 bits per heavy atom. The van der Waals surface area contributed by atoms with Crippen LogP contribution in [0, 0.1) is 5.41 Å². The quantitative estimate of drug-likeness (QED) is 0.859. The zero-order valence-corrected chi connectivity index (χ0v) is 13.9. The van der Waals surface area contributed by atoms with Gasteiger partial charge in [-0.3, -0.25) is 10.1 Å². The van der Waals surface area contributed by atoms with Gasteiger partial charge in [-0.2, -0.15) is 0 Å². The summed E-state index contributed by atoms with van der Waals surface area (Å²) in [4.78, 5) is 22.7. The van der Waals surface area contributed by atoms with E-state index < -0.39 is 23.1 Å². The summed E-state index contributed by atoms with van der Waals surface area (Å²) >= 11 is 0. The summed E-state index contributed by atoms with van der Waals surface area (Å²) in [5, 5.41) is 11.8. The van der Waals surface area contributed by atoms with Gasteiger partial charge in [-0.1, -0.05) is 12.1 Å². The van der Waals surface area contributed by atoms with Crippen LogP contribution in [0.5, 0.6) is 0 Å². The average molecular weight is 307 g/mol. The number of carboxylic acids is 1. The minimum Gasteiger partial charge on any atom is -0.481 e. The topological polar surface area (TPSA) is 75.6 Å². The number of rotatable bonds is 5. The Morgan fingerprint density at radius 1 is 1.09 bits per heavy atom. The fourth-order valence-electron chi connectivity index (χ4n) is 1.74. The van der Waals surface area contributed by atoms with Gasteiger partial charge in [0.05, 0.1) is 5.41 Å². The number of aryl methyl sites for hydroxylation is 1. The van der Waals surface area contributed by atoms with E-state index in [2.05, 4.69) is 5.32 Å². The van der Waals surface area contributed by atoms with E-state index in [4.69, 9.17) is 9.84 Å². The predicted molar refractivity (Wildman–Crippen MR) is 86.0 cm³/mol. The van der Waals surface area contributed by atoms with Crippen molar-refractivity contribution < 1.29 is 19.4 Å². The molecule has 0 unspecified atom stereocenters. The molecule has 0 aromatic heterocycles. The third-order valence-electron chi connectivity index (χ3n) is 3.22. The summed E-state index contributed by atoms with van der Waals surface area (Å²) in [6.45, 7) is 8.85. The zero-order valence-electron chi connectivity index (χ0n) is 13.9. The van der Waals surface area contributed by atoms with E-state index in [9.17, 15) is 9.59 Å². The Labute approximate surface area is 131 Å². The van der Waals surface area contributed by atoms with E-state index in [0.717, 1.165) is 5.56 Å². The molecule has 1 aromatic carbocycles. The normalized spacial score (nSPS) is 11.9. The van der Waals surface area contributed by atoms with Gasteiger partial charge in [0.15, 0.2) is 0 Å². The number of amides is 1. The van der Waals surface area contributed by atoms with Crippen LogP contribution in [0.2, 0.25) is 0 Å². The van der Waals surface area contributed by atoms with E-state index >= 15 is 0 Å². The first-order chi connectivity index (χ1) is 9.99. The Hall–Kier alpha value is -2.04. The summed E-state index contributed by atoms with van der Waals surface area (Å²) in [7, 11) is 0. The molecule has 0 fully saturated rings. The lowest BCUT2D eigenvalue weighted by Gasteiger charge is -2.20. The fraction of sp³-hybridized carbons (Fsp3) is 0.529. The number of hydrogen-bond donors (Lipinski definition) is 2. The smallest absolute Gasteiger partial charge is 0.412 e. The lowest BCUT2D eigenvalue weighted by Crippen LogP contribution is -2.27. The highest BCUT2D eigenvalue weighted by Crippen LogP contribution is 2.23. The maximum Gasteiger partial charge on any atom is 0.412 e. The van der Waals surface area contributed by atoms with Crippen molar-refractivity contribution >= 4 is 17.7 Å². The molecule has 0 saturated heterocycles. The molecule has 0 radical (unpaired) electrons. The van der Waals surface area contributed by atoms with Crippen LogP contribution in [0.1, 0.15) is 46.6 Å². The van der Waals surface area contributed by atoms with Crippen LogP contribution in [0.25, 0.3) is 0 Å². The molecule has 2 N–H and O–H groups in total. The highest BCUT2D eigenvalue weighted by molar-refractivity contribution is 5.84. The van der Waals surface area contributed by atoms with Crippen molar-refractivity contribution in [2.75, 3.05) is 5.32 Å². The summed E-state index contributed by atoms with van der Waals surface area (Å²) in [6, 6.07) is 7.33. The molecule has 0 aliphatic carbocycles. The average Bonchev–Trinajstić information content (AvgIpc) is 2.35. The number of carbonyl (C=O) groups excluding carboxylic acids is 1. The molecule has 1 aromatic rings. The Bertz CT molecular complexity index is 527. The Balaban J connectivity index is 2.57. The number of carboxylic acid groups (broad SMARTS) is 1. The molecule has 0 heterocycles. The van der Waals surface area contributed by atoms with Crippen LogP contribution in [0.4, 0.5) is 10.5 Å². The first-order valence-corrected chi connectivity index (χ1v) is 7.32. The maximum absolute atomic E-state index is 11.6. The van der Waals surface area contributed by atoms with Gasteiger partial charge >= 0.3 is 12.1 Å². The van der Waals surface area contributed by atoms with Crippen molar-refractivity contribution in [2.24, 2.45) is 5.41 Å². The minimum absolute atomic E-state index is 0.493. The molecule has 1 rings (SSSR count). The van der Waals surface area contributed by atoms with Crippen molar-refractivity contribution in [3.05, 3.63) is 29.8 Å². The zero-order chi connectivity index (χ0) is 17.0. The van der Waals surface area contributed by atoms with Crippen LogP contribution in [0.15, 0.2) is 24.3 Å². The molecular formula is C17H25NO4. The van der Waals surface area contributed by atoms with E-state index in [1.165, 1.54) is 0 Å². The molecule has 0 spiro atoms. The lowest BCUT2D eigenvalue weighted by molar-refractivity contribution is -0.147. The number of hydrogen-bond acceptors (Lipinski definition) is 3. The van der Waals surface area contributed by atoms with Crippen molar-refractivity contribution in [1.82, 2.24) is 0 Å². The van der Waals surface area contributed by atoms with Crippen molar-refractivity contribution in [3.63, 3.8) is 0 Å². The standard InChI is InChI=1S/C17H25NO4/c1-16(2,3)22-15(21)18-13-8-6-12(7-9-13)10-11-17(4,5)14(19)20/h6-9H,10-11H2,1-5H3,(H,18,21)(H,19,20). The van der Waals surface area contributed by atoms with Gasteiger partial charge in [-0.05, 0) is 65.2 Å². The van der Waals surface area contributed by atoms with Gasteiger partial charge in [0.1, 0.15) is 5.60 Å². The molecule has 5 heteroatoms. The first-order valence-electron chi connectivity index (χ1n) is 7.32. The second-order valence-electron chi connectivity index (χ2n) is 7.01. The minimum atomic E-state index is -0.796. The van der Waals surface area contributed by atoms with Crippen molar-refractivity contribution in [2.45, 2.75) is 53.1 Å². The van der Waals surface area contributed by atoms with Crippen molar-refractivity contribution in [3.8, 4) is 0 Å². The monoisotopic (exact) mass is 307 g/mol. The van der Waals surface area contributed by atoms with Crippen LogP contribution in [-0.4, -0.2) is 22.8 Å². The van der Waals surface area contributed by atoms with E-state index in [1.807, 2.05) is 12.1 Å². The molecule has 1 amide bonds. The largest absolute Gasteiger partial charge is 0.481 e. The van der Waals surface area contributed by atoms with Crippen molar-refractivity contribution in [1.29, 1.82) is 0 Å². The van der Waals surface area contributed by atoms with E-state index in [0.29, 0.717) is 18.5 Å². The molecule has 22 heavy (non-hydrogen) atoms. The van der Waals surface area contributed by atoms with Gasteiger partial charge in [0.2, 0.25) is 0 Å². The van der Waals surface area contributed by atoms with Crippen LogP contribution >= 0.6 is 0 Å². The molecule has 0 saturated carbocycles. The predicted octanol–water partition coefficient (Wildman–Crippen LogP) is 4.08. The number of aliphatic carboxylic acids is 1. The molecule has 0 bridgehead atoms. The Kier molecular flexibility index (Phi) is 5.58. The number of benzene rings is 1. The summed E-state index contributed by atoms with van der Waals surface area (Å²) in [5.41, 5.74) is 0.402. The number of nitrogens with one attached hydrogen (secondary N) is 1. The SMILES string of the molecule is CC(C)(C)OC(=O)Nc1ccc(CCC(C)(C)C(=O)O)cc1. The molecular weight excluding hydrogens is 282 g/mol. The first kappa shape index (κ1) is 18.0. The van der Waals surface area contributed by atoms with Crippen LogP contribution in [0.3, 0.4) is 0 Å². The van der Waals surface area contributed by atoms with Gasteiger partial charge < -0.3 is 9.84 Å². The van der Waals surface area contributed by atoms with Crippen LogP contribution in [-0.2, 0) is 16.0 Å². The van der Waals surface area contributed by atoms with Gasteiger partial charge in [-0.15, -0.1) is 0 Å². The third kappa shape index (κ3) is 6.16. The highest BCUT2D eigenvalue weighted by atomic mass is 16.6. The van der Waals surface area contributed by atoms with Gasteiger partial charge in [0, 0.05) is 5.69 Å². The summed E-state index contributed by atoms with van der Waals surface area (Å²) in [5.74, 6) is -0.796. The third-order valence-corrected chi connectivity index (χ3v) is 3.22. The highest BCUT2D eigenvalue weighted by Gasteiger charge is 2.26. The Morgan fingerprint density at radius 2 is 1.64 bits per heavy atom. The molecule has 0 aliphatic rings. The van der Waals surface area contributed by atoms with E-state index in [1.54, 1.807) is 46.8 Å². The maximum atomic E-state index is 11.6. The second kappa shape index (κ2) is 6.81. The summed E-state index contributed by atoms with van der Waals surface area (Å²) in [6.07, 6.45) is 0.736. The molecule has 0 aliphatic heterocycles. The molecule has 122 valence electrons. The molecule has 5 nitrogen and oxygen atoms in total. The fourth-order valence-corrected chi connectivity index (χ4v) is 1.74. The lowest BCUT2D eigenvalue weighted by atomic mass is 9.86. The van der Waals surface area contributed by atoms with Gasteiger partial charge in [-0.25, -0.2) is 4.79 Å². The van der Waals surface area contributed by atoms with E-state index in [-0.39, 0.29) is 0 Å².